The van der Waals surface area contributed by atoms with Crippen molar-refractivity contribution in [2.75, 3.05) is 12.8 Å². The van der Waals surface area contributed by atoms with Crippen molar-refractivity contribution in [2.24, 2.45) is 5.16 Å². The lowest BCUT2D eigenvalue weighted by Crippen LogP contribution is -2.37. The summed E-state index contributed by atoms with van der Waals surface area (Å²) in [4.78, 5) is 54.1. The summed E-state index contributed by atoms with van der Waals surface area (Å²) in [5.41, 5.74) is 0. The lowest BCUT2D eigenvalue weighted by Gasteiger charge is -2.14. The Morgan fingerprint density at radius 3 is 2.50 bits per heavy atom. The second-order valence-electron chi connectivity index (χ2n) is 4.82. The highest BCUT2D eigenvalue weighted by Crippen LogP contribution is 2.18. The molecule has 1 saturated heterocycles. The van der Waals surface area contributed by atoms with Gasteiger partial charge in [-0.1, -0.05) is 5.16 Å². The number of imide groups is 1. The maximum absolute atomic E-state index is 11.4. The molecular formula is C12H17N3O6S. The number of oxime groups is 1. The van der Waals surface area contributed by atoms with Gasteiger partial charge in [0.15, 0.2) is 0 Å². The number of hydrogen-bond donors (Lipinski definition) is 1. The molecule has 0 atom stereocenters. The van der Waals surface area contributed by atoms with E-state index < -0.39 is 30.4 Å². The van der Waals surface area contributed by atoms with Gasteiger partial charge in [0.05, 0.1) is 6.21 Å². The van der Waals surface area contributed by atoms with Gasteiger partial charge in [-0.2, -0.15) is 11.8 Å². The number of rotatable bonds is 6. The lowest BCUT2D eigenvalue weighted by atomic mass is 10.2. The van der Waals surface area contributed by atoms with Crippen molar-refractivity contribution >= 4 is 41.9 Å². The molecule has 122 valence electrons. The SMILES string of the molecule is CSC(C)(C)/C=N/OC(=O)NCC(=O)ON1C(=O)CCC1=O. The highest BCUT2D eigenvalue weighted by Gasteiger charge is 2.32. The first-order chi connectivity index (χ1) is 10.2. The summed E-state index contributed by atoms with van der Waals surface area (Å²) >= 11 is 1.51. The van der Waals surface area contributed by atoms with Gasteiger partial charge in [-0.05, 0) is 20.1 Å². The predicted octanol–water partition coefficient (Wildman–Crippen LogP) is 0.447. The quantitative estimate of drug-likeness (QED) is 0.325. The highest BCUT2D eigenvalue weighted by atomic mass is 32.2. The molecule has 0 spiro atoms. The minimum Gasteiger partial charge on any atom is -0.328 e. The Labute approximate surface area is 131 Å². The van der Waals surface area contributed by atoms with E-state index in [1.165, 1.54) is 18.0 Å². The average molecular weight is 331 g/mol. The largest absolute Gasteiger partial charge is 0.433 e. The van der Waals surface area contributed by atoms with Crippen molar-refractivity contribution in [3.8, 4) is 0 Å². The summed E-state index contributed by atoms with van der Waals surface area (Å²) < 4.78 is -0.296. The van der Waals surface area contributed by atoms with Gasteiger partial charge < -0.3 is 10.2 Å². The van der Waals surface area contributed by atoms with Crippen LogP contribution in [0.2, 0.25) is 0 Å². The third kappa shape index (κ3) is 5.72. The van der Waals surface area contributed by atoms with Crippen LogP contribution in [0.4, 0.5) is 4.79 Å². The smallest absolute Gasteiger partial charge is 0.328 e. The van der Waals surface area contributed by atoms with Gasteiger partial charge in [0.1, 0.15) is 6.54 Å². The molecule has 0 aromatic heterocycles. The Morgan fingerprint density at radius 2 is 1.95 bits per heavy atom. The zero-order chi connectivity index (χ0) is 16.8. The zero-order valence-electron chi connectivity index (χ0n) is 12.5. The van der Waals surface area contributed by atoms with Crippen LogP contribution in [0.15, 0.2) is 5.16 Å². The fraction of sp³-hybridized carbons (Fsp3) is 0.583. The van der Waals surface area contributed by atoms with E-state index in [0.717, 1.165) is 0 Å². The molecule has 0 aromatic carbocycles. The van der Waals surface area contributed by atoms with Crippen LogP contribution in [-0.2, 0) is 24.1 Å². The Kier molecular flexibility index (Phi) is 6.35. The van der Waals surface area contributed by atoms with Crippen LogP contribution in [0.1, 0.15) is 26.7 Å². The lowest BCUT2D eigenvalue weighted by molar-refractivity contribution is -0.196. The van der Waals surface area contributed by atoms with Crippen molar-refractivity contribution < 1.29 is 28.9 Å². The highest BCUT2D eigenvalue weighted by molar-refractivity contribution is 8.00. The van der Waals surface area contributed by atoms with Crippen molar-refractivity contribution in [1.82, 2.24) is 10.4 Å². The van der Waals surface area contributed by atoms with E-state index in [1.807, 2.05) is 20.1 Å². The van der Waals surface area contributed by atoms with Crippen LogP contribution in [0.25, 0.3) is 0 Å². The molecule has 0 radical (unpaired) electrons. The Bertz CT molecular complexity index is 489. The predicted molar refractivity (Wildman–Crippen MR) is 77.7 cm³/mol. The molecule has 3 amide bonds. The molecule has 0 aliphatic carbocycles. The second-order valence-corrected chi connectivity index (χ2v) is 6.28. The zero-order valence-corrected chi connectivity index (χ0v) is 13.3. The number of thioether (sulfide) groups is 1. The monoisotopic (exact) mass is 331 g/mol. The van der Waals surface area contributed by atoms with Gasteiger partial charge in [0.2, 0.25) is 0 Å². The van der Waals surface area contributed by atoms with E-state index in [9.17, 15) is 19.2 Å². The third-order valence-corrected chi connectivity index (χ3v) is 3.76. The van der Waals surface area contributed by atoms with Gasteiger partial charge in [0.25, 0.3) is 11.8 Å². The molecule has 0 saturated carbocycles. The molecule has 1 heterocycles. The van der Waals surface area contributed by atoms with E-state index >= 15 is 0 Å². The summed E-state index contributed by atoms with van der Waals surface area (Å²) in [5, 5.41) is 5.97. The van der Waals surface area contributed by atoms with E-state index in [-0.39, 0.29) is 17.6 Å². The fourth-order valence-corrected chi connectivity index (χ4v) is 1.37. The van der Waals surface area contributed by atoms with Gasteiger partial charge in [-0.3, -0.25) is 14.4 Å². The number of hydrogen-bond acceptors (Lipinski definition) is 8. The summed E-state index contributed by atoms with van der Waals surface area (Å²) in [6, 6.07) is 0. The fourth-order valence-electron chi connectivity index (χ4n) is 1.22. The first-order valence-electron chi connectivity index (χ1n) is 6.36. The number of amides is 3. The van der Waals surface area contributed by atoms with E-state index in [0.29, 0.717) is 5.06 Å². The summed E-state index contributed by atoms with van der Waals surface area (Å²) in [7, 11) is 0. The van der Waals surface area contributed by atoms with Crippen molar-refractivity contribution in [1.29, 1.82) is 0 Å². The van der Waals surface area contributed by atoms with Gasteiger partial charge in [-0.25, -0.2) is 9.59 Å². The van der Waals surface area contributed by atoms with Crippen molar-refractivity contribution in [3.05, 3.63) is 0 Å². The normalized spacial score (nSPS) is 15.3. The first-order valence-corrected chi connectivity index (χ1v) is 7.59. The van der Waals surface area contributed by atoms with Gasteiger partial charge in [0, 0.05) is 17.6 Å². The van der Waals surface area contributed by atoms with E-state index in [1.54, 1.807) is 0 Å². The standard InChI is InChI=1S/C12H17N3O6S/c1-12(2,22-3)7-14-20-11(19)13-6-10(18)21-15-8(16)4-5-9(15)17/h7H,4-6H2,1-3H3,(H,13,19)/b14-7+. The van der Waals surface area contributed by atoms with Crippen LogP contribution in [0.5, 0.6) is 0 Å². The molecule has 1 aliphatic rings. The minimum atomic E-state index is -0.964. The Hall–Kier alpha value is -2.10. The number of nitrogens with one attached hydrogen (secondary N) is 1. The van der Waals surface area contributed by atoms with Crippen LogP contribution >= 0.6 is 11.8 Å². The Balaban J connectivity index is 2.30. The molecule has 1 rings (SSSR count). The Morgan fingerprint density at radius 1 is 1.36 bits per heavy atom. The molecule has 1 aliphatic heterocycles. The van der Waals surface area contributed by atoms with Crippen molar-refractivity contribution in [2.45, 2.75) is 31.4 Å². The molecule has 10 heteroatoms. The molecule has 1 N–H and O–H groups in total. The summed E-state index contributed by atoms with van der Waals surface area (Å²) in [6.07, 6.45) is 2.37. The number of carbonyl (C=O) groups is 4. The molecule has 0 aromatic rings. The van der Waals surface area contributed by atoms with E-state index in [2.05, 4.69) is 20.1 Å². The topological polar surface area (TPSA) is 114 Å². The van der Waals surface area contributed by atoms with Crippen LogP contribution in [0, 0.1) is 0 Å². The van der Waals surface area contributed by atoms with Crippen LogP contribution in [0.3, 0.4) is 0 Å². The summed E-state index contributed by atoms with van der Waals surface area (Å²) in [5.74, 6) is -2.15. The molecule has 1 fully saturated rings. The van der Waals surface area contributed by atoms with Gasteiger partial charge in [-0.15, -0.1) is 5.06 Å². The van der Waals surface area contributed by atoms with Crippen molar-refractivity contribution in [3.63, 3.8) is 0 Å². The number of hydroxylamine groups is 2. The number of nitrogens with zero attached hydrogens (tertiary/aromatic N) is 2. The minimum absolute atomic E-state index is 0.00151. The second kappa shape index (κ2) is 7.78. The van der Waals surface area contributed by atoms with Gasteiger partial charge >= 0.3 is 12.1 Å². The van der Waals surface area contributed by atoms with Crippen LogP contribution < -0.4 is 5.32 Å². The molecular weight excluding hydrogens is 314 g/mol. The first kappa shape index (κ1) is 18.0. The van der Waals surface area contributed by atoms with E-state index in [4.69, 9.17) is 0 Å². The molecule has 0 bridgehead atoms. The molecule has 9 nitrogen and oxygen atoms in total. The third-order valence-electron chi connectivity index (χ3n) is 2.60. The van der Waals surface area contributed by atoms with Crippen LogP contribution in [-0.4, -0.2) is 52.7 Å². The maximum Gasteiger partial charge on any atom is 0.433 e. The maximum atomic E-state index is 11.4. The summed E-state index contributed by atoms with van der Waals surface area (Å²) in [6.45, 7) is 3.20. The molecule has 22 heavy (non-hydrogen) atoms. The molecule has 0 unspecified atom stereocenters. The average Bonchev–Trinajstić information content (AvgIpc) is 2.77. The number of carbonyl (C=O) groups excluding carboxylic acids is 4.